The van der Waals surface area contributed by atoms with Crippen LogP contribution in [0.15, 0.2) is 88.7 Å². The third kappa shape index (κ3) is 7.55. The molecule has 0 heterocycles. The van der Waals surface area contributed by atoms with Crippen molar-refractivity contribution >= 4 is 29.4 Å². The number of alkyl halides is 3. The number of rotatable bonds is 7. The molecule has 5 nitrogen and oxygen atoms in total. The number of carbonyl (C=O) groups is 2. The molecule has 0 radical (unpaired) electrons. The molecule has 0 aliphatic heterocycles. The average Bonchev–Trinajstić information content (AvgIpc) is 3.60. The minimum atomic E-state index is -5.08. The van der Waals surface area contributed by atoms with Gasteiger partial charge in [-0.05, 0) is 59.9 Å². The topological polar surface area (TPSA) is 86.6 Å². The summed E-state index contributed by atoms with van der Waals surface area (Å²) in [5, 5.41) is 19.6. The molecule has 1 saturated carbocycles. The van der Waals surface area contributed by atoms with Gasteiger partial charge in [-0.25, -0.2) is 4.79 Å². The fourth-order valence-corrected chi connectivity index (χ4v) is 4.15. The Morgan fingerprint density at radius 3 is 2.09 bits per heavy atom. The lowest BCUT2D eigenvalue weighted by Crippen LogP contribution is -2.21. The van der Waals surface area contributed by atoms with E-state index < -0.39 is 18.1 Å². The minimum absolute atomic E-state index is 0.184. The van der Waals surface area contributed by atoms with Crippen LogP contribution in [0.5, 0.6) is 0 Å². The lowest BCUT2D eigenvalue weighted by Gasteiger charge is -2.09. The molecule has 3 aromatic carbocycles. The number of anilines is 1. The molecule has 0 bridgehead atoms. The van der Waals surface area contributed by atoms with E-state index in [2.05, 4.69) is 53.8 Å². The van der Waals surface area contributed by atoms with Gasteiger partial charge in [-0.1, -0.05) is 54.2 Å². The second-order valence-corrected chi connectivity index (χ2v) is 8.77. The van der Waals surface area contributed by atoms with Crippen LogP contribution in [0, 0.1) is 5.92 Å². The highest BCUT2D eigenvalue weighted by Crippen LogP contribution is 2.47. The molecule has 1 aliphatic rings. The van der Waals surface area contributed by atoms with E-state index in [-0.39, 0.29) is 11.8 Å². The van der Waals surface area contributed by atoms with Crippen molar-refractivity contribution < 1.29 is 33.0 Å². The number of hydrogen-bond donors (Lipinski definition) is 3. The standard InChI is InChI=1S/C23H21NO2S.C2HF3O2/c25-23(26)22-14-21(22)17-9-11-18(12-10-17)24-15-16-5-4-8-20(13-16)27-19-6-2-1-3-7-19;3-2(4,5)1(6)7/h1-13,21-22,24H,14-15H2,(H,25,26);(H,6,7)/t21-,22+;/m0./s1. The summed E-state index contributed by atoms with van der Waals surface area (Å²) in [4.78, 5) is 22.4. The Bertz CT molecular complexity index is 1120. The summed E-state index contributed by atoms with van der Waals surface area (Å²) >= 11 is 1.76. The monoisotopic (exact) mass is 489 g/mol. The van der Waals surface area contributed by atoms with Gasteiger partial charge in [0.2, 0.25) is 0 Å². The Labute approximate surface area is 198 Å². The predicted octanol–water partition coefficient (Wildman–Crippen LogP) is 6.27. The summed E-state index contributed by atoms with van der Waals surface area (Å²) in [6.45, 7) is 0.754. The van der Waals surface area contributed by atoms with Crippen LogP contribution < -0.4 is 5.32 Å². The van der Waals surface area contributed by atoms with Crippen LogP contribution in [0.25, 0.3) is 0 Å². The van der Waals surface area contributed by atoms with Crippen molar-refractivity contribution in [3.05, 3.63) is 90.0 Å². The summed E-state index contributed by atoms with van der Waals surface area (Å²) in [6, 6.07) is 27.1. The lowest BCUT2D eigenvalue weighted by atomic mass is 10.1. The molecule has 1 aliphatic carbocycles. The third-order valence-electron chi connectivity index (χ3n) is 5.06. The summed E-state index contributed by atoms with van der Waals surface area (Å²) in [6.07, 6.45) is -4.33. The third-order valence-corrected chi connectivity index (χ3v) is 6.06. The Kier molecular flexibility index (Phi) is 8.22. The van der Waals surface area contributed by atoms with Gasteiger partial charge in [-0.2, -0.15) is 13.2 Å². The van der Waals surface area contributed by atoms with Crippen LogP contribution in [0.3, 0.4) is 0 Å². The van der Waals surface area contributed by atoms with E-state index in [1.165, 1.54) is 15.4 Å². The number of nitrogens with one attached hydrogen (secondary N) is 1. The maximum absolute atomic E-state index is 11.0. The quantitative estimate of drug-likeness (QED) is 0.363. The summed E-state index contributed by atoms with van der Waals surface area (Å²) in [5.74, 6) is -3.46. The fraction of sp³-hybridized carbons (Fsp3) is 0.200. The van der Waals surface area contributed by atoms with Crippen LogP contribution in [0.4, 0.5) is 18.9 Å². The second kappa shape index (κ2) is 11.1. The van der Waals surface area contributed by atoms with E-state index >= 15 is 0 Å². The zero-order valence-corrected chi connectivity index (χ0v) is 18.6. The first-order chi connectivity index (χ1) is 16.1. The molecule has 4 rings (SSSR count). The van der Waals surface area contributed by atoms with Gasteiger partial charge in [-0.15, -0.1) is 0 Å². The van der Waals surface area contributed by atoms with E-state index in [0.29, 0.717) is 0 Å². The van der Waals surface area contributed by atoms with Crippen molar-refractivity contribution in [2.45, 2.75) is 34.9 Å². The first-order valence-corrected chi connectivity index (χ1v) is 11.1. The molecule has 178 valence electrons. The molecule has 3 aromatic rings. The molecule has 0 spiro atoms. The average molecular weight is 490 g/mol. The molecule has 9 heteroatoms. The smallest absolute Gasteiger partial charge is 0.481 e. The highest BCUT2D eigenvalue weighted by molar-refractivity contribution is 7.99. The number of hydrogen-bond acceptors (Lipinski definition) is 4. The van der Waals surface area contributed by atoms with Crippen molar-refractivity contribution in [1.82, 2.24) is 0 Å². The molecule has 0 unspecified atom stereocenters. The maximum Gasteiger partial charge on any atom is 0.490 e. The van der Waals surface area contributed by atoms with Crippen molar-refractivity contribution in [2.75, 3.05) is 5.32 Å². The predicted molar refractivity (Wildman–Crippen MR) is 123 cm³/mol. The SMILES string of the molecule is O=C(O)C(F)(F)F.O=C(O)[C@@H]1C[C@H]1c1ccc(NCc2cccc(Sc3ccccc3)c2)cc1. The molecule has 1 fully saturated rings. The van der Waals surface area contributed by atoms with Crippen LogP contribution in [0.1, 0.15) is 23.5 Å². The molecule has 0 aromatic heterocycles. The van der Waals surface area contributed by atoms with E-state index in [0.717, 1.165) is 24.2 Å². The Balaban J connectivity index is 0.000000406. The van der Waals surface area contributed by atoms with Crippen molar-refractivity contribution in [1.29, 1.82) is 0 Å². The lowest BCUT2D eigenvalue weighted by molar-refractivity contribution is -0.192. The molecule has 2 atom stereocenters. The largest absolute Gasteiger partial charge is 0.490 e. The van der Waals surface area contributed by atoms with Crippen LogP contribution in [0.2, 0.25) is 0 Å². The maximum atomic E-state index is 11.0. The zero-order chi connectivity index (χ0) is 24.7. The van der Waals surface area contributed by atoms with Gasteiger partial charge in [0.15, 0.2) is 0 Å². The van der Waals surface area contributed by atoms with E-state index in [1.807, 2.05) is 30.3 Å². The summed E-state index contributed by atoms with van der Waals surface area (Å²) < 4.78 is 31.7. The van der Waals surface area contributed by atoms with Crippen molar-refractivity contribution in [2.24, 2.45) is 5.92 Å². The number of halogens is 3. The summed E-state index contributed by atoms with van der Waals surface area (Å²) in [5.41, 5.74) is 3.40. The molecule has 3 N–H and O–H groups in total. The van der Waals surface area contributed by atoms with E-state index in [4.69, 9.17) is 15.0 Å². The summed E-state index contributed by atoms with van der Waals surface area (Å²) in [7, 11) is 0. The van der Waals surface area contributed by atoms with Crippen molar-refractivity contribution in [3.63, 3.8) is 0 Å². The molecular weight excluding hydrogens is 467 g/mol. The normalized spacial score (nSPS) is 16.7. The molecule has 34 heavy (non-hydrogen) atoms. The van der Waals surface area contributed by atoms with Gasteiger partial charge < -0.3 is 15.5 Å². The number of aliphatic carboxylic acids is 2. The highest BCUT2D eigenvalue weighted by Gasteiger charge is 2.44. The van der Waals surface area contributed by atoms with Crippen molar-refractivity contribution in [3.8, 4) is 0 Å². The van der Waals surface area contributed by atoms with Gasteiger partial charge >= 0.3 is 18.1 Å². The van der Waals surface area contributed by atoms with E-state index in [1.54, 1.807) is 11.8 Å². The minimum Gasteiger partial charge on any atom is -0.481 e. The molecule has 0 amide bonds. The van der Waals surface area contributed by atoms with Crippen LogP contribution in [-0.2, 0) is 16.1 Å². The zero-order valence-electron chi connectivity index (χ0n) is 17.8. The molecule has 0 saturated heterocycles. The molecular formula is C25H22F3NO4S. The van der Waals surface area contributed by atoms with Gasteiger partial charge in [0.05, 0.1) is 5.92 Å². The van der Waals surface area contributed by atoms with Gasteiger partial charge in [-0.3, -0.25) is 4.79 Å². The number of carboxylic acid groups (broad SMARTS) is 2. The van der Waals surface area contributed by atoms with E-state index in [9.17, 15) is 18.0 Å². The Morgan fingerprint density at radius 2 is 1.53 bits per heavy atom. The van der Waals surface area contributed by atoms with Crippen LogP contribution >= 0.6 is 11.8 Å². The Hall–Kier alpha value is -3.46. The highest BCUT2D eigenvalue weighted by atomic mass is 32.2. The fourth-order valence-electron chi connectivity index (χ4n) is 3.23. The van der Waals surface area contributed by atoms with Gasteiger partial charge in [0.25, 0.3) is 0 Å². The van der Waals surface area contributed by atoms with Crippen LogP contribution in [-0.4, -0.2) is 28.3 Å². The Morgan fingerprint density at radius 1 is 0.912 bits per heavy atom. The number of carboxylic acids is 2. The van der Waals surface area contributed by atoms with Gasteiger partial charge in [0.1, 0.15) is 0 Å². The second-order valence-electron chi connectivity index (χ2n) is 7.63. The number of benzene rings is 3. The first-order valence-electron chi connectivity index (χ1n) is 10.3. The first kappa shape index (κ1) is 25.2. The van der Waals surface area contributed by atoms with Gasteiger partial charge in [0, 0.05) is 22.0 Å².